The fourth-order valence-corrected chi connectivity index (χ4v) is 9.56. The van der Waals surface area contributed by atoms with Crippen molar-refractivity contribution in [3.8, 4) is 100 Å². The molecule has 0 N–H and O–H groups in total. The third-order valence-corrected chi connectivity index (χ3v) is 12.7. The van der Waals surface area contributed by atoms with E-state index in [4.69, 9.17) is 15.0 Å². The Kier molecular flexibility index (Phi) is 10.1. The number of benzene rings is 9. The van der Waals surface area contributed by atoms with Crippen LogP contribution in [0.4, 0.5) is 0 Å². The Morgan fingerprint density at radius 1 is 0.254 bits per heavy atom. The van der Waals surface area contributed by atoms with Gasteiger partial charge in [0.1, 0.15) is 0 Å². The Morgan fingerprint density at radius 2 is 0.667 bits per heavy atom. The minimum absolute atomic E-state index is 0.625. The Hall–Kier alpha value is -8.05. The van der Waals surface area contributed by atoms with Crippen LogP contribution in [0, 0.1) is 0 Å². The summed E-state index contributed by atoms with van der Waals surface area (Å²) in [6.45, 7) is 0. The summed E-state index contributed by atoms with van der Waals surface area (Å²) in [6, 6.07) is 83.9. The van der Waals surface area contributed by atoms with Gasteiger partial charge in [-0.05, 0) is 96.4 Å². The molecule has 11 aromatic rings. The van der Waals surface area contributed by atoms with Gasteiger partial charge in [-0.2, -0.15) is 0 Å². The van der Waals surface area contributed by atoms with Crippen molar-refractivity contribution >= 4 is 21.4 Å². The number of fused-ring (bicyclic) bond motifs is 1. The molecule has 0 aliphatic rings. The number of aromatic nitrogens is 3. The highest BCUT2D eigenvalue weighted by Crippen LogP contribution is 2.50. The zero-order valence-electron chi connectivity index (χ0n) is 34.3. The summed E-state index contributed by atoms with van der Waals surface area (Å²) in [5.74, 6) is 1.92. The smallest absolute Gasteiger partial charge is 0.174 e. The molecule has 0 aliphatic heterocycles. The molecule has 0 saturated carbocycles. The minimum Gasteiger partial charge on any atom is -0.208 e. The van der Waals surface area contributed by atoms with Crippen LogP contribution in [-0.2, 0) is 0 Å². The van der Waals surface area contributed by atoms with Crippen molar-refractivity contribution < 1.29 is 0 Å². The molecule has 0 radical (unpaired) electrons. The molecule has 0 fully saturated rings. The molecule has 0 aliphatic carbocycles. The normalized spacial score (nSPS) is 11.2. The molecule has 63 heavy (non-hydrogen) atoms. The Labute approximate surface area is 371 Å². The number of rotatable bonds is 9. The molecule has 11 rings (SSSR count). The molecular formula is C59H39N3S. The quantitative estimate of drug-likeness (QED) is 0.146. The number of hydrogen-bond acceptors (Lipinski definition) is 4. The van der Waals surface area contributed by atoms with E-state index in [-0.39, 0.29) is 0 Å². The van der Waals surface area contributed by atoms with Crippen molar-refractivity contribution in [1.29, 1.82) is 0 Å². The van der Waals surface area contributed by atoms with Crippen LogP contribution < -0.4 is 0 Å². The molecule has 2 aromatic heterocycles. The van der Waals surface area contributed by atoms with Crippen molar-refractivity contribution in [2.45, 2.75) is 0 Å². The third kappa shape index (κ3) is 7.54. The number of thiophene rings is 1. The lowest BCUT2D eigenvalue weighted by Gasteiger charge is -2.24. The van der Waals surface area contributed by atoms with Crippen molar-refractivity contribution in [3.63, 3.8) is 0 Å². The molecule has 0 unspecified atom stereocenters. The van der Waals surface area contributed by atoms with Gasteiger partial charge in [-0.25, -0.2) is 15.0 Å². The van der Waals surface area contributed by atoms with Crippen LogP contribution in [0.5, 0.6) is 0 Å². The summed E-state index contributed by atoms with van der Waals surface area (Å²) in [7, 11) is 0. The molecule has 296 valence electrons. The lowest BCUT2D eigenvalue weighted by atomic mass is 9.79. The summed E-state index contributed by atoms with van der Waals surface area (Å²) >= 11 is 1.70. The van der Waals surface area contributed by atoms with Crippen molar-refractivity contribution in [3.05, 3.63) is 237 Å². The minimum atomic E-state index is 0.625. The monoisotopic (exact) mass is 821 g/mol. The predicted octanol–water partition coefficient (Wildman–Crippen LogP) is 16.1. The van der Waals surface area contributed by atoms with Crippen LogP contribution in [-0.4, -0.2) is 15.0 Å². The summed E-state index contributed by atoms with van der Waals surface area (Å²) in [5.41, 5.74) is 15.7. The van der Waals surface area contributed by atoms with E-state index in [0.29, 0.717) is 17.5 Å². The summed E-state index contributed by atoms with van der Waals surface area (Å²) < 4.78 is 1.20. The van der Waals surface area contributed by atoms with Crippen LogP contribution in [0.2, 0.25) is 0 Å². The Balaban J connectivity index is 1.12. The van der Waals surface area contributed by atoms with E-state index in [9.17, 15) is 0 Å². The maximum atomic E-state index is 5.20. The van der Waals surface area contributed by atoms with Gasteiger partial charge in [-0.15, -0.1) is 11.3 Å². The second kappa shape index (κ2) is 16.8. The average molecular weight is 822 g/mol. The van der Waals surface area contributed by atoms with E-state index in [0.717, 1.165) is 60.5 Å². The Bertz CT molecular complexity index is 3310. The van der Waals surface area contributed by atoms with Gasteiger partial charge in [0.25, 0.3) is 0 Å². The maximum Gasteiger partial charge on any atom is 0.174 e. The highest BCUT2D eigenvalue weighted by molar-refractivity contribution is 7.22. The first-order chi connectivity index (χ1) is 31.2. The molecule has 3 nitrogen and oxygen atoms in total. The van der Waals surface area contributed by atoms with E-state index in [1.807, 2.05) is 6.07 Å². The Morgan fingerprint density at radius 3 is 1.24 bits per heavy atom. The zero-order chi connectivity index (χ0) is 42.0. The van der Waals surface area contributed by atoms with Crippen molar-refractivity contribution in [2.24, 2.45) is 0 Å². The molecular weight excluding hydrogens is 783 g/mol. The average Bonchev–Trinajstić information content (AvgIpc) is 3.82. The second-order valence-electron chi connectivity index (χ2n) is 15.5. The first-order valence-electron chi connectivity index (χ1n) is 21.2. The maximum absolute atomic E-state index is 5.20. The zero-order valence-corrected chi connectivity index (χ0v) is 35.1. The molecule has 0 atom stereocenters. The van der Waals surface area contributed by atoms with Gasteiger partial charge in [0, 0.05) is 15.8 Å². The molecule has 9 aromatic carbocycles. The van der Waals surface area contributed by atoms with Gasteiger partial charge in [0.05, 0.1) is 4.88 Å². The van der Waals surface area contributed by atoms with Crippen LogP contribution in [0.1, 0.15) is 0 Å². The van der Waals surface area contributed by atoms with Crippen molar-refractivity contribution in [2.75, 3.05) is 0 Å². The molecule has 2 heterocycles. The number of nitrogens with zero attached hydrogens (tertiary/aromatic N) is 3. The molecule has 0 spiro atoms. The highest BCUT2D eigenvalue weighted by atomic mass is 32.1. The predicted molar refractivity (Wildman–Crippen MR) is 264 cm³/mol. The fourth-order valence-electron chi connectivity index (χ4n) is 8.56. The van der Waals surface area contributed by atoms with E-state index < -0.39 is 0 Å². The fraction of sp³-hybridized carbons (Fsp3) is 0. The SMILES string of the molecule is c1ccc(-c2cccc(-c3nc(-c4ccc(-c5c(-c6ccccc6)cc(-c6ccccc6)c(-c6ccccc6)c5-c5ccccc5)cc4)nc(-c4cc5ccccc5s4)n3)c2)cc1. The van der Waals surface area contributed by atoms with Crippen LogP contribution in [0.15, 0.2) is 237 Å². The van der Waals surface area contributed by atoms with Gasteiger partial charge >= 0.3 is 0 Å². The van der Waals surface area contributed by atoms with Gasteiger partial charge < -0.3 is 0 Å². The second-order valence-corrected chi connectivity index (χ2v) is 16.6. The summed E-state index contributed by atoms with van der Waals surface area (Å²) in [6.07, 6.45) is 0. The van der Waals surface area contributed by atoms with E-state index in [2.05, 4.69) is 231 Å². The van der Waals surface area contributed by atoms with Gasteiger partial charge in [-0.3, -0.25) is 0 Å². The third-order valence-electron chi connectivity index (χ3n) is 11.6. The van der Waals surface area contributed by atoms with E-state index in [1.54, 1.807) is 11.3 Å². The first kappa shape index (κ1) is 37.9. The molecule has 4 heteroatoms. The van der Waals surface area contributed by atoms with E-state index >= 15 is 0 Å². The molecule has 0 amide bonds. The highest BCUT2D eigenvalue weighted by Gasteiger charge is 2.24. The lowest BCUT2D eigenvalue weighted by Crippen LogP contribution is -2.00. The van der Waals surface area contributed by atoms with Gasteiger partial charge in [0.2, 0.25) is 0 Å². The lowest BCUT2D eigenvalue weighted by molar-refractivity contribution is 1.08. The standard InChI is InChI=1S/C59H39N3S/c1-6-19-40(20-7-1)47-30-18-31-49(37-47)58-60-57(61-59(62-58)53-38-48-29-16-17-32-52(48)63-53)46-35-33-45(34-36-46)55-51(42-23-10-3-11-24-42)39-50(41-21-8-2-9-22-41)54(43-25-12-4-13-26-43)56(55)44-27-14-5-15-28-44/h1-39H. The van der Waals surface area contributed by atoms with Crippen LogP contribution in [0.3, 0.4) is 0 Å². The van der Waals surface area contributed by atoms with Gasteiger partial charge in [-0.1, -0.05) is 212 Å². The molecule has 0 saturated heterocycles. The van der Waals surface area contributed by atoms with Crippen LogP contribution >= 0.6 is 11.3 Å². The van der Waals surface area contributed by atoms with E-state index in [1.165, 1.54) is 32.3 Å². The number of hydrogen-bond donors (Lipinski definition) is 0. The van der Waals surface area contributed by atoms with Gasteiger partial charge in [0.15, 0.2) is 17.5 Å². The molecule has 0 bridgehead atoms. The largest absolute Gasteiger partial charge is 0.208 e. The van der Waals surface area contributed by atoms with Crippen LogP contribution in [0.25, 0.3) is 110 Å². The topological polar surface area (TPSA) is 38.7 Å². The summed E-state index contributed by atoms with van der Waals surface area (Å²) in [5, 5.41) is 1.17. The summed E-state index contributed by atoms with van der Waals surface area (Å²) in [4.78, 5) is 16.5. The van der Waals surface area contributed by atoms with Crippen molar-refractivity contribution in [1.82, 2.24) is 15.0 Å². The first-order valence-corrected chi connectivity index (χ1v) is 22.0.